The average molecular weight is 379 g/mol. The van der Waals surface area contributed by atoms with Gasteiger partial charge in [-0.25, -0.2) is 9.69 Å². The van der Waals surface area contributed by atoms with E-state index in [9.17, 15) is 9.59 Å². The highest BCUT2D eigenvalue weighted by Crippen LogP contribution is 2.32. The van der Waals surface area contributed by atoms with Gasteiger partial charge in [0.05, 0.1) is 13.8 Å². The SMILES string of the molecule is COc1ccc(CN(CN2C(=O)N[C@](C)(c3ccccc3)C2=O)C2CC2)cc1. The number of hydrogen-bond acceptors (Lipinski definition) is 4. The third-order valence-corrected chi connectivity index (χ3v) is 5.56. The molecule has 0 radical (unpaired) electrons. The molecule has 0 bridgehead atoms. The molecule has 6 nitrogen and oxygen atoms in total. The van der Waals surface area contributed by atoms with Crippen molar-refractivity contribution in [3.05, 3.63) is 65.7 Å². The summed E-state index contributed by atoms with van der Waals surface area (Å²) in [6.07, 6.45) is 2.19. The number of urea groups is 1. The predicted octanol–water partition coefficient (Wildman–Crippen LogP) is 3.08. The number of imide groups is 1. The van der Waals surface area contributed by atoms with E-state index in [4.69, 9.17) is 4.74 Å². The Bertz CT molecular complexity index is 864. The molecule has 1 atom stereocenters. The molecule has 1 saturated heterocycles. The number of benzene rings is 2. The van der Waals surface area contributed by atoms with Crippen LogP contribution in [0.15, 0.2) is 54.6 Å². The maximum atomic E-state index is 13.2. The van der Waals surface area contributed by atoms with Gasteiger partial charge < -0.3 is 10.1 Å². The zero-order valence-corrected chi connectivity index (χ0v) is 16.2. The molecule has 2 aliphatic rings. The van der Waals surface area contributed by atoms with Gasteiger partial charge in [0, 0.05) is 12.6 Å². The summed E-state index contributed by atoms with van der Waals surface area (Å²) in [6, 6.07) is 17.4. The molecule has 0 aromatic heterocycles. The Balaban J connectivity index is 1.51. The second-order valence-corrected chi connectivity index (χ2v) is 7.62. The van der Waals surface area contributed by atoms with Gasteiger partial charge in [-0.05, 0) is 43.0 Å². The summed E-state index contributed by atoms with van der Waals surface area (Å²) in [7, 11) is 1.65. The van der Waals surface area contributed by atoms with Crippen molar-refractivity contribution in [1.82, 2.24) is 15.1 Å². The lowest BCUT2D eigenvalue weighted by Gasteiger charge is -2.27. The molecule has 28 heavy (non-hydrogen) atoms. The van der Waals surface area contributed by atoms with Crippen molar-refractivity contribution in [2.24, 2.45) is 0 Å². The quantitative estimate of drug-likeness (QED) is 0.751. The van der Waals surface area contributed by atoms with Crippen molar-refractivity contribution < 1.29 is 14.3 Å². The van der Waals surface area contributed by atoms with Gasteiger partial charge in [-0.3, -0.25) is 9.69 Å². The molecule has 1 N–H and O–H groups in total. The summed E-state index contributed by atoms with van der Waals surface area (Å²) in [5.74, 6) is 0.610. The van der Waals surface area contributed by atoms with Crippen molar-refractivity contribution in [3.8, 4) is 5.75 Å². The van der Waals surface area contributed by atoms with Crippen LogP contribution in [0.1, 0.15) is 30.9 Å². The lowest BCUT2D eigenvalue weighted by atomic mass is 9.92. The summed E-state index contributed by atoms with van der Waals surface area (Å²) >= 11 is 0. The largest absolute Gasteiger partial charge is 0.497 e. The number of rotatable bonds is 7. The van der Waals surface area contributed by atoms with Gasteiger partial charge in [0.15, 0.2) is 0 Å². The fourth-order valence-electron chi connectivity index (χ4n) is 3.67. The minimum Gasteiger partial charge on any atom is -0.497 e. The summed E-state index contributed by atoms with van der Waals surface area (Å²) in [4.78, 5) is 29.3. The van der Waals surface area contributed by atoms with Gasteiger partial charge in [-0.2, -0.15) is 0 Å². The molecule has 2 fully saturated rings. The minimum atomic E-state index is -1.02. The van der Waals surface area contributed by atoms with Crippen molar-refractivity contribution in [1.29, 1.82) is 0 Å². The Morgan fingerprint density at radius 3 is 2.39 bits per heavy atom. The van der Waals surface area contributed by atoms with E-state index in [1.807, 2.05) is 54.6 Å². The molecule has 0 unspecified atom stereocenters. The van der Waals surface area contributed by atoms with E-state index >= 15 is 0 Å². The van der Waals surface area contributed by atoms with Crippen LogP contribution < -0.4 is 10.1 Å². The smallest absolute Gasteiger partial charge is 0.326 e. The van der Waals surface area contributed by atoms with Crippen LogP contribution in [0, 0.1) is 0 Å². The maximum Gasteiger partial charge on any atom is 0.326 e. The van der Waals surface area contributed by atoms with E-state index in [1.54, 1.807) is 14.0 Å². The van der Waals surface area contributed by atoms with Crippen molar-refractivity contribution in [3.63, 3.8) is 0 Å². The Labute approximate surface area is 165 Å². The molecular weight excluding hydrogens is 354 g/mol. The predicted molar refractivity (Wildman–Crippen MR) is 106 cm³/mol. The zero-order chi connectivity index (χ0) is 19.7. The van der Waals surface area contributed by atoms with Crippen LogP contribution in [0.3, 0.4) is 0 Å². The first-order chi connectivity index (χ1) is 13.5. The van der Waals surface area contributed by atoms with Gasteiger partial charge in [-0.1, -0.05) is 42.5 Å². The van der Waals surface area contributed by atoms with Gasteiger partial charge in [0.1, 0.15) is 11.3 Å². The van der Waals surface area contributed by atoms with E-state index in [0.717, 1.165) is 29.7 Å². The fourth-order valence-corrected chi connectivity index (χ4v) is 3.67. The number of carbonyl (C=O) groups excluding carboxylic acids is 2. The average Bonchev–Trinajstić information content (AvgIpc) is 3.53. The monoisotopic (exact) mass is 379 g/mol. The Morgan fingerprint density at radius 1 is 1.11 bits per heavy atom. The minimum absolute atomic E-state index is 0.205. The van der Waals surface area contributed by atoms with Crippen LogP contribution in [0.5, 0.6) is 5.75 Å². The summed E-state index contributed by atoms with van der Waals surface area (Å²) in [5.41, 5.74) is 0.905. The topological polar surface area (TPSA) is 61.9 Å². The summed E-state index contributed by atoms with van der Waals surface area (Å²) in [5, 5.41) is 2.88. The molecule has 6 heteroatoms. The Kier molecular flexibility index (Phi) is 4.81. The molecule has 1 aliphatic carbocycles. The van der Waals surface area contributed by atoms with E-state index in [0.29, 0.717) is 19.3 Å². The molecule has 1 saturated carbocycles. The van der Waals surface area contributed by atoms with Gasteiger partial charge >= 0.3 is 6.03 Å². The van der Waals surface area contributed by atoms with Crippen LogP contribution in [-0.2, 0) is 16.9 Å². The Hall–Kier alpha value is -2.86. The van der Waals surface area contributed by atoms with Crippen LogP contribution in [0.2, 0.25) is 0 Å². The lowest BCUT2D eigenvalue weighted by molar-refractivity contribution is -0.132. The third-order valence-electron chi connectivity index (χ3n) is 5.56. The molecule has 1 heterocycles. The first-order valence-corrected chi connectivity index (χ1v) is 9.58. The van der Waals surface area contributed by atoms with Gasteiger partial charge in [0.25, 0.3) is 5.91 Å². The number of carbonyl (C=O) groups is 2. The molecule has 3 amide bonds. The highest BCUT2D eigenvalue weighted by atomic mass is 16.5. The van der Waals surface area contributed by atoms with E-state index in [2.05, 4.69) is 10.2 Å². The van der Waals surface area contributed by atoms with E-state index in [-0.39, 0.29) is 11.9 Å². The number of ether oxygens (including phenoxy) is 1. The number of amides is 3. The molecule has 2 aromatic rings. The number of nitrogens with one attached hydrogen (secondary N) is 1. The Morgan fingerprint density at radius 2 is 1.79 bits per heavy atom. The van der Waals surface area contributed by atoms with Crippen LogP contribution in [0.25, 0.3) is 0 Å². The fraction of sp³-hybridized carbons (Fsp3) is 0.364. The van der Waals surface area contributed by atoms with Gasteiger partial charge in [0.2, 0.25) is 0 Å². The number of nitrogens with zero attached hydrogens (tertiary/aromatic N) is 2. The van der Waals surface area contributed by atoms with Crippen LogP contribution >= 0.6 is 0 Å². The maximum absolute atomic E-state index is 13.2. The first-order valence-electron chi connectivity index (χ1n) is 9.58. The molecule has 1 aliphatic heterocycles. The molecular formula is C22H25N3O3. The van der Waals surface area contributed by atoms with E-state index in [1.165, 1.54) is 4.90 Å². The molecule has 2 aromatic carbocycles. The zero-order valence-electron chi connectivity index (χ0n) is 16.2. The summed E-state index contributed by atoms with van der Waals surface area (Å²) < 4.78 is 5.22. The summed E-state index contributed by atoms with van der Waals surface area (Å²) in [6.45, 7) is 2.76. The van der Waals surface area contributed by atoms with Crippen molar-refractivity contribution >= 4 is 11.9 Å². The third kappa shape index (κ3) is 3.47. The highest BCUT2D eigenvalue weighted by molar-refractivity contribution is 6.07. The molecule has 146 valence electrons. The van der Waals surface area contributed by atoms with Crippen LogP contribution in [-0.4, -0.2) is 41.6 Å². The van der Waals surface area contributed by atoms with Crippen LogP contribution in [0.4, 0.5) is 4.79 Å². The van der Waals surface area contributed by atoms with Crippen molar-refractivity contribution in [2.45, 2.75) is 37.9 Å². The standard InChI is InChI=1S/C22H25N3O3/c1-22(17-6-4-3-5-7-17)20(26)25(21(27)23-22)15-24(18-10-11-18)14-16-8-12-19(28-2)13-9-16/h3-9,12-13,18H,10-11,14-15H2,1-2H3,(H,23,27)/t22-/m1/s1. The lowest BCUT2D eigenvalue weighted by Crippen LogP contribution is -2.44. The van der Waals surface area contributed by atoms with E-state index < -0.39 is 5.54 Å². The number of methoxy groups -OCH3 is 1. The molecule has 0 spiro atoms. The van der Waals surface area contributed by atoms with Gasteiger partial charge in [-0.15, -0.1) is 0 Å². The molecule has 4 rings (SSSR count). The first kappa shape index (κ1) is 18.5. The van der Waals surface area contributed by atoms with Crippen molar-refractivity contribution in [2.75, 3.05) is 13.8 Å². The second-order valence-electron chi connectivity index (χ2n) is 7.62. The second kappa shape index (κ2) is 7.28. The highest BCUT2D eigenvalue weighted by Gasteiger charge is 2.49. The number of hydrogen-bond donors (Lipinski definition) is 1. The normalized spacial score (nSPS) is 21.9.